The lowest BCUT2D eigenvalue weighted by Gasteiger charge is -2.15. The number of halogens is 3. The number of fused-ring (bicyclic) bond motifs is 1. The number of benzene rings is 2. The van der Waals surface area contributed by atoms with E-state index >= 15 is 0 Å². The molecule has 0 bridgehead atoms. The van der Waals surface area contributed by atoms with Crippen molar-refractivity contribution in [1.29, 1.82) is 0 Å². The number of para-hydroxylation sites is 1. The van der Waals surface area contributed by atoms with Gasteiger partial charge in [-0.2, -0.15) is 0 Å². The summed E-state index contributed by atoms with van der Waals surface area (Å²) in [5.41, 5.74) is 4.11. The quantitative estimate of drug-likeness (QED) is 0.524. The first-order valence-electron chi connectivity index (χ1n) is 6.19. The number of hydrogen-bond acceptors (Lipinski definition) is 3. The lowest BCUT2D eigenvalue weighted by molar-refractivity contribution is 0.477. The molecule has 6 heteroatoms. The van der Waals surface area contributed by atoms with Gasteiger partial charge in [0, 0.05) is 15.4 Å². The van der Waals surface area contributed by atoms with Crippen LogP contribution in [0.3, 0.4) is 0 Å². The van der Waals surface area contributed by atoms with Crippen LogP contribution in [-0.2, 0) is 0 Å². The van der Waals surface area contributed by atoms with Crippen LogP contribution in [0.5, 0.6) is 0 Å². The van der Waals surface area contributed by atoms with E-state index in [4.69, 9.17) is 45.1 Å². The highest BCUT2D eigenvalue weighted by Crippen LogP contribution is 2.34. The fourth-order valence-electron chi connectivity index (χ4n) is 2.25. The van der Waals surface area contributed by atoms with E-state index in [0.29, 0.717) is 26.4 Å². The van der Waals surface area contributed by atoms with E-state index in [9.17, 15) is 0 Å². The third-order valence-electron chi connectivity index (χ3n) is 3.24. The van der Waals surface area contributed by atoms with Crippen LogP contribution >= 0.6 is 34.8 Å². The smallest absolute Gasteiger partial charge is 0.152 e. The van der Waals surface area contributed by atoms with Gasteiger partial charge in [-0.3, -0.25) is 5.84 Å². The van der Waals surface area contributed by atoms with Crippen LogP contribution in [0.25, 0.3) is 11.0 Å². The Kier molecular flexibility index (Phi) is 4.11. The zero-order valence-corrected chi connectivity index (χ0v) is 13.0. The second kappa shape index (κ2) is 5.87. The topological polar surface area (TPSA) is 51.2 Å². The summed E-state index contributed by atoms with van der Waals surface area (Å²) in [6.07, 6.45) is 0. The van der Waals surface area contributed by atoms with E-state index in [-0.39, 0.29) is 0 Å². The van der Waals surface area contributed by atoms with Crippen LogP contribution in [0.1, 0.15) is 17.4 Å². The fourth-order valence-corrected chi connectivity index (χ4v) is 2.99. The van der Waals surface area contributed by atoms with Gasteiger partial charge in [-0.15, -0.1) is 0 Å². The van der Waals surface area contributed by atoms with Gasteiger partial charge in [-0.05, 0) is 29.8 Å². The molecular formula is C15H11Cl3N2O. The molecule has 3 rings (SSSR count). The SMILES string of the molecule is NNC(c1cc2cccc(Cl)c2o1)c1ccc(Cl)cc1Cl. The van der Waals surface area contributed by atoms with Crippen LogP contribution in [0.4, 0.5) is 0 Å². The van der Waals surface area contributed by atoms with Crippen LogP contribution in [0, 0.1) is 0 Å². The Balaban J connectivity index is 2.11. The van der Waals surface area contributed by atoms with Gasteiger partial charge in [0.1, 0.15) is 11.8 Å². The Morgan fingerprint density at radius 1 is 1.00 bits per heavy atom. The highest BCUT2D eigenvalue weighted by Gasteiger charge is 2.20. The molecule has 3 N–H and O–H groups in total. The van der Waals surface area contributed by atoms with Crippen molar-refractivity contribution in [3.05, 3.63) is 68.9 Å². The third-order valence-corrected chi connectivity index (χ3v) is 4.10. The number of nitrogens with two attached hydrogens (primary N) is 1. The molecule has 3 nitrogen and oxygen atoms in total. The zero-order chi connectivity index (χ0) is 15.0. The maximum Gasteiger partial charge on any atom is 0.152 e. The van der Waals surface area contributed by atoms with Gasteiger partial charge in [0.15, 0.2) is 5.58 Å². The molecule has 0 saturated heterocycles. The Morgan fingerprint density at radius 3 is 2.48 bits per heavy atom. The minimum Gasteiger partial charge on any atom is -0.457 e. The maximum atomic E-state index is 6.24. The summed E-state index contributed by atoms with van der Waals surface area (Å²) >= 11 is 18.3. The molecule has 1 heterocycles. The van der Waals surface area contributed by atoms with Gasteiger partial charge in [0.2, 0.25) is 0 Å². The minimum absolute atomic E-state index is 0.391. The van der Waals surface area contributed by atoms with E-state index in [1.165, 1.54) is 0 Å². The summed E-state index contributed by atoms with van der Waals surface area (Å²) in [5.74, 6) is 6.30. The van der Waals surface area contributed by atoms with Crippen LogP contribution in [-0.4, -0.2) is 0 Å². The first kappa shape index (κ1) is 14.7. The second-order valence-electron chi connectivity index (χ2n) is 4.57. The molecule has 0 saturated carbocycles. The van der Waals surface area contributed by atoms with Crippen molar-refractivity contribution in [2.75, 3.05) is 0 Å². The summed E-state index contributed by atoms with van der Waals surface area (Å²) < 4.78 is 5.83. The number of rotatable bonds is 3. The standard InChI is InChI=1S/C15H11Cl3N2O/c16-9-4-5-10(12(18)7-9)14(20-19)13-6-8-2-1-3-11(17)15(8)21-13/h1-7,14,20H,19H2. The fraction of sp³-hybridized carbons (Fsp3) is 0.0667. The lowest BCUT2D eigenvalue weighted by Crippen LogP contribution is -2.28. The van der Waals surface area contributed by atoms with Gasteiger partial charge >= 0.3 is 0 Å². The van der Waals surface area contributed by atoms with Gasteiger partial charge in [-0.25, -0.2) is 5.43 Å². The molecule has 1 aromatic heterocycles. The van der Waals surface area contributed by atoms with Gasteiger partial charge < -0.3 is 4.42 Å². The molecular weight excluding hydrogens is 331 g/mol. The highest BCUT2D eigenvalue weighted by atomic mass is 35.5. The first-order chi connectivity index (χ1) is 10.1. The summed E-state index contributed by atoms with van der Waals surface area (Å²) in [7, 11) is 0. The number of nitrogens with one attached hydrogen (secondary N) is 1. The molecule has 108 valence electrons. The first-order valence-corrected chi connectivity index (χ1v) is 7.32. The molecule has 0 aliphatic heterocycles. The molecule has 0 spiro atoms. The molecule has 21 heavy (non-hydrogen) atoms. The van der Waals surface area contributed by atoms with E-state index in [1.807, 2.05) is 24.3 Å². The van der Waals surface area contributed by atoms with Gasteiger partial charge in [0.05, 0.1) is 5.02 Å². The van der Waals surface area contributed by atoms with Crippen molar-refractivity contribution >= 4 is 45.8 Å². The third kappa shape index (κ3) is 2.76. The number of furan rings is 1. The molecule has 0 amide bonds. The summed E-state index contributed by atoms with van der Waals surface area (Å²) in [4.78, 5) is 0. The van der Waals surface area contributed by atoms with Crippen molar-refractivity contribution in [3.8, 4) is 0 Å². The lowest BCUT2D eigenvalue weighted by atomic mass is 10.0. The average molecular weight is 342 g/mol. The molecule has 0 aliphatic carbocycles. The molecule has 3 aromatic rings. The van der Waals surface area contributed by atoms with Crippen LogP contribution in [0.15, 0.2) is 46.9 Å². The molecule has 0 aliphatic rings. The Morgan fingerprint density at radius 2 is 1.81 bits per heavy atom. The monoisotopic (exact) mass is 340 g/mol. The zero-order valence-electron chi connectivity index (χ0n) is 10.7. The van der Waals surface area contributed by atoms with Gasteiger partial charge in [0.25, 0.3) is 0 Å². The van der Waals surface area contributed by atoms with Crippen molar-refractivity contribution in [2.45, 2.75) is 6.04 Å². The van der Waals surface area contributed by atoms with Gasteiger partial charge in [-0.1, -0.05) is 53.0 Å². The van der Waals surface area contributed by atoms with E-state index in [1.54, 1.807) is 18.2 Å². The Labute approximate surface area is 136 Å². The number of hydrazine groups is 1. The van der Waals surface area contributed by atoms with E-state index in [2.05, 4.69) is 5.43 Å². The predicted molar refractivity (Wildman–Crippen MR) is 86.9 cm³/mol. The second-order valence-corrected chi connectivity index (χ2v) is 5.82. The molecule has 0 fully saturated rings. The van der Waals surface area contributed by atoms with Crippen molar-refractivity contribution in [3.63, 3.8) is 0 Å². The minimum atomic E-state index is -0.391. The molecule has 0 radical (unpaired) electrons. The van der Waals surface area contributed by atoms with Crippen LogP contribution in [0.2, 0.25) is 15.1 Å². The van der Waals surface area contributed by atoms with Crippen LogP contribution < -0.4 is 11.3 Å². The predicted octanol–water partition coefficient (Wildman–Crippen LogP) is 4.95. The molecule has 1 atom stereocenters. The molecule has 1 unspecified atom stereocenters. The maximum absolute atomic E-state index is 6.24. The number of hydrogen-bond donors (Lipinski definition) is 2. The molecule has 2 aromatic carbocycles. The van der Waals surface area contributed by atoms with Crippen molar-refractivity contribution in [1.82, 2.24) is 5.43 Å². The van der Waals surface area contributed by atoms with Crippen molar-refractivity contribution < 1.29 is 4.42 Å². The normalized spacial score (nSPS) is 12.8. The van der Waals surface area contributed by atoms with E-state index in [0.717, 1.165) is 10.9 Å². The summed E-state index contributed by atoms with van der Waals surface area (Å²) in [6, 6.07) is 12.3. The van der Waals surface area contributed by atoms with Crippen molar-refractivity contribution in [2.24, 2.45) is 5.84 Å². The Hall–Kier alpha value is -1.23. The Bertz CT molecular complexity index is 801. The van der Waals surface area contributed by atoms with E-state index < -0.39 is 6.04 Å². The summed E-state index contributed by atoms with van der Waals surface area (Å²) in [5, 5.41) is 2.53. The summed E-state index contributed by atoms with van der Waals surface area (Å²) in [6.45, 7) is 0. The average Bonchev–Trinajstić information content (AvgIpc) is 2.87. The largest absolute Gasteiger partial charge is 0.457 e. The highest BCUT2D eigenvalue weighted by molar-refractivity contribution is 6.35.